The molecule has 1 aliphatic rings. The van der Waals surface area contributed by atoms with Gasteiger partial charge in [0.25, 0.3) is 0 Å². The number of nitrogens with zero attached hydrogens (tertiary/aromatic N) is 1. The standard InChI is InChI=1S/C12H21N3O4/c1-9(16)13-5-6-14-11(19)15-7-3-12(2,4-8-15)10(17)18/h3-8H2,1-2H3,(H,13,16)(H,14,19)(H,17,18). The number of rotatable bonds is 4. The lowest BCUT2D eigenvalue weighted by molar-refractivity contribution is -0.150. The molecule has 19 heavy (non-hydrogen) atoms. The van der Waals surface area contributed by atoms with E-state index in [4.69, 9.17) is 5.11 Å². The topological polar surface area (TPSA) is 98.7 Å². The van der Waals surface area contributed by atoms with Gasteiger partial charge in [-0.05, 0) is 19.8 Å². The summed E-state index contributed by atoms with van der Waals surface area (Å²) in [5.41, 5.74) is -0.729. The molecule has 0 saturated carbocycles. The highest BCUT2D eigenvalue weighted by Gasteiger charge is 2.37. The van der Waals surface area contributed by atoms with E-state index in [1.54, 1.807) is 11.8 Å². The molecule has 0 unspecified atom stereocenters. The molecule has 0 spiro atoms. The first-order chi connectivity index (χ1) is 8.85. The van der Waals surface area contributed by atoms with Crippen LogP contribution in [-0.4, -0.2) is 54.1 Å². The third-order valence-electron chi connectivity index (χ3n) is 3.45. The molecule has 0 aromatic carbocycles. The summed E-state index contributed by atoms with van der Waals surface area (Å²) in [6.07, 6.45) is 0.920. The van der Waals surface area contributed by atoms with Crippen molar-refractivity contribution in [2.45, 2.75) is 26.7 Å². The number of nitrogens with one attached hydrogen (secondary N) is 2. The molecule has 0 aromatic heterocycles. The summed E-state index contributed by atoms with van der Waals surface area (Å²) in [7, 11) is 0. The van der Waals surface area contributed by atoms with Gasteiger partial charge in [-0.1, -0.05) is 0 Å². The van der Waals surface area contributed by atoms with Crippen LogP contribution in [0.1, 0.15) is 26.7 Å². The molecular weight excluding hydrogens is 250 g/mol. The molecule has 1 rings (SSSR count). The third-order valence-corrected chi connectivity index (χ3v) is 3.45. The zero-order valence-electron chi connectivity index (χ0n) is 11.4. The number of piperidine rings is 1. The molecule has 0 atom stereocenters. The highest BCUT2D eigenvalue weighted by Crippen LogP contribution is 2.30. The number of carbonyl (C=O) groups is 3. The third kappa shape index (κ3) is 4.42. The van der Waals surface area contributed by atoms with Crippen LogP contribution >= 0.6 is 0 Å². The molecule has 7 heteroatoms. The fraction of sp³-hybridized carbons (Fsp3) is 0.750. The van der Waals surface area contributed by atoms with E-state index in [2.05, 4.69) is 10.6 Å². The van der Waals surface area contributed by atoms with Gasteiger partial charge >= 0.3 is 12.0 Å². The lowest BCUT2D eigenvalue weighted by atomic mass is 9.80. The van der Waals surface area contributed by atoms with Crippen LogP contribution in [0.25, 0.3) is 0 Å². The SMILES string of the molecule is CC(=O)NCCNC(=O)N1CCC(C)(C(=O)O)CC1. The Balaban J connectivity index is 2.29. The van der Waals surface area contributed by atoms with E-state index in [1.807, 2.05) is 0 Å². The van der Waals surface area contributed by atoms with Crippen LogP contribution in [0.4, 0.5) is 4.79 Å². The number of hydrogen-bond donors (Lipinski definition) is 3. The largest absolute Gasteiger partial charge is 0.481 e. The molecule has 0 radical (unpaired) electrons. The van der Waals surface area contributed by atoms with Crippen molar-refractivity contribution in [2.75, 3.05) is 26.2 Å². The summed E-state index contributed by atoms with van der Waals surface area (Å²) >= 11 is 0. The van der Waals surface area contributed by atoms with E-state index in [0.717, 1.165) is 0 Å². The van der Waals surface area contributed by atoms with Crippen LogP contribution in [0, 0.1) is 5.41 Å². The molecule has 0 aromatic rings. The van der Waals surface area contributed by atoms with Crippen molar-refractivity contribution in [1.82, 2.24) is 15.5 Å². The number of aliphatic carboxylic acids is 1. The number of hydrogen-bond acceptors (Lipinski definition) is 3. The molecule has 0 aliphatic carbocycles. The lowest BCUT2D eigenvalue weighted by Crippen LogP contribution is -2.49. The Labute approximate surface area is 112 Å². The van der Waals surface area contributed by atoms with E-state index >= 15 is 0 Å². The van der Waals surface area contributed by atoms with Crippen LogP contribution in [0.2, 0.25) is 0 Å². The van der Waals surface area contributed by atoms with Gasteiger partial charge in [0.2, 0.25) is 5.91 Å². The number of carboxylic acids is 1. The molecule has 1 fully saturated rings. The van der Waals surface area contributed by atoms with Crippen molar-refractivity contribution < 1.29 is 19.5 Å². The van der Waals surface area contributed by atoms with Gasteiger partial charge in [0.05, 0.1) is 5.41 Å². The van der Waals surface area contributed by atoms with Crippen LogP contribution < -0.4 is 10.6 Å². The second kappa shape index (κ2) is 6.40. The first kappa shape index (κ1) is 15.3. The van der Waals surface area contributed by atoms with Gasteiger partial charge in [-0.2, -0.15) is 0 Å². The zero-order valence-corrected chi connectivity index (χ0v) is 11.4. The highest BCUT2D eigenvalue weighted by atomic mass is 16.4. The minimum Gasteiger partial charge on any atom is -0.481 e. The summed E-state index contributed by atoms with van der Waals surface area (Å²) in [5.74, 6) is -0.942. The molecule has 1 heterocycles. The molecule has 3 N–H and O–H groups in total. The molecule has 0 bridgehead atoms. The Morgan fingerprint density at radius 2 is 1.68 bits per heavy atom. The van der Waals surface area contributed by atoms with Crippen molar-refractivity contribution in [3.63, 3.8) is 0 Å². The minimum atomic E-state index is -0.807. The maximum Gasteiger partial charge on any atom is 0.317 e. The van der Waals surface area contributed by atoms with E-state index in [1.165, 1.54) is 6.92 Å². The van der Waals surface area contributed by atoms with Crippen LogP contribution in [0.15, 0.2) is 0 Å². The minimum absolute atomic E-state index is 0.135. The van der Waals surface area contributed by atoms with Gasteiger partial charge in [-0.15, -0.1) is 0 Å². The summed E-state index contributed by atoms with van der Waals surface area (Å²) in [5, 5.41) is 14.4. The predicted octanol–water partition coefficient (Wildman–Crippen LogP) is 0.0188. The summed E-state index contributed by atoms with van der Waals surface area (Å²) in [6.45, 7) is 4.76. The number of carbonyl (C=O) groups excluding carboxylic acids is 2. The smallest absolute Gasteiger partial charge is 0.317 e. The molecule has 1 saturated heterocycles. The van der Waals surface area contributed by atoms with Gasteiger partial charge in [0.15, 0.2) is 0 Å². The van der Waals surface area contributed by atoms with Gasteiger partial charge in [0.1, 0.15) is 0 Å². The van der Waals surface area contributed by atoms with Crippen molar-refractivity contribution >= 4 is 17.9 Å². The highest BCUT2D eigenvalue weighted by molar-refractivity contribution is 5.77. The Morgan fingerprint density at radius 1 is 1.16 bits per heavy atom. The molecule has 1 aliphatic heterocycles. The average molecular weight is 271 g/mol. The zero-order chi connectivity index (χ0) is 14.5. The number of amides is 3. The average Bonchev–Trinajstić information content (AvgIpc) is 2.35. The lowest BCUT2D eigenvalue weighted by Gasteiger charge is -2.36. The summed E-state index contributed by atoms with van der Waals surface area (Å²) in [4.78, 5) is 35.1. The maximum absolute atomic E-state index is 11.8. The van der Waals surface area contributed by atoms with Crippen molar-refractivity contribution in [3.05, 3.63) is 0 Å². The quantitative estimate of drug-likeness (QED) is 0.628. The Bertz CT molecular complexity index is 362. The summed E-state index contributed by atoms with van der Waals surface area (Å²) in [6, 6.07) is -0.210. The van der Waals surface area contributed by atoms with Crippen molar-refractivity contribution in [3.8, 4) is 0 Å². The van der Waals surface area contributed by atoms with E-state index in [-0.39, 0.29) is 11.9 Å². The molecule has 3 amide bonds. The van der Waals surface area contributed by atoms with Gasteiger partial charge < -0.3 is 20.6 Å². The van der Waals surface area contributed by atoms with Crippen LogP contribution in [0.3, 0.4) is 0 Å². The predicted molar refractivity (Wildman–Crippen MR) is 68.6 cm³/mol. The monoisotopic (exact) mass is 271 g/mol. The first-order valence-electron chi connectivity index (χ1n) is 6.36. The number of carboxylic acid groups (broad SMARTS) is 1. The van der Waals surface area contributed by atoms with Gasteiger partial charge in [-0.25, -0.2) is 4.79 Å². The number of urea groups is 1. The van der Waals surface area contributed by atoms with Crippen molar-refractivity contribution in [2.24, 2.45) is 5.41 Å². The van der Waals surface area contributed by atoms with E-state index in [0.29, 0.717) is 39.0 Å². The van der Waals surface area contributed by atoms with Crippen LogP contribution in [0.5, 0.6) is 0 Å². The van der Waals surface area contributed by atoms with Crippen molar-refractivity contribution in [1.29, 1.82) is 0 Å². The van der Waals surface area contributed by atoms with Gasteiger partial charge in [-0.3, -0.25) is 9.59 Å². The summed E-state index contributed by atoms with van der Waals surface area (Å²) < 4.78 is 0. The fourth-order valence-corrected chi connectivity index (χ4v) is 1.94. The molecule has 108 valence electrons. The Kier molecular flexibility index (Phi) is 5.14. The molecule has 7 nitrogen and oxygen atoms in total. The van der Waals surface area contributed by atoms with E-state index < -0.39 is 11.4 Å². The second-order valence-corrected chi connectivity index (χ2v) is 5.07. The fourth-order valence-electron chi connectivity index (χ4n) is 1.94. The number of likely N-dealkylation sites (tertiary alicyclic amines) is 1. The maximum atomic E-state index is 11.8. The molecular formula is C12H21N3O4. The van der Waals surface area contributed by atoms with Crippen LogP contribution in [-0.2, 0) is 9.59 Å². The Hall–Kier alpha value is -1.79. The second-order valence-electron chi connectivity index (χ2n) is 5.07. The Morgan fingerprint density at radius 3 is 2.16 bits per heavy atom. The van der Waals surface area contributed by atoms with Gasteiger partial charge in [0, 0.05) is 33.1 Å². The van der Waals surface area contributed by atoms with E-state index in [9.17, 15) is 14.4 Å². The first-order valence-corrected chi connectivity index (χ1v) is 6.36. The normalized spacial score (nSPS) is 17.7.